The second-order valence-electron chi connectivity index (χ2n) is 5.92. The summed E-state index contributed by atoms with van der Waals surface area (Å²) < 4.78 is 15.9. The third kappa shape index (κ3) is 8.83. The number of aliphatic imine (C=N–C) groups is 1. The number of nitrogens with one attached hydrogen (secondary N) is 2. The molecular formula is C20H30IN3O4. The van der Waals surface area contributed by atoms with E-state index in [4.69, 9.17) is 13.9 Å². The summed E-state index contributed by atoms with van der Waals surface area (Å²) in [5.74, 6) is 2.48. The van der Waals surface area contributed by atoms with Crippen LogP contribution in [0, 0.1) is 0 Å². The van der Waals surface area contributed by atoms with Crippen molar-refractivity contribution in [2.75, 3.05) is 33.4 Å². The molecule has 0 saturated carbocycles. The van der Waals surface area contributed by atoms with Crippen LogP contribution < -0.4 is 15.4 Å². The molecule has 0 spiro atoms. The minimum Gasteiger partial charge on any atom is -0.508 e. The van der Waals surface area contributed by atoms with Gasteiger partial charge < -0.3 is 29.6 Å². The van der Waals surface area contributed by atoms with Gasteiger partial charge in [0.05, 0.1) is 13.4 Å². The maximum atomic E-state index is 10.0. The first kappa shape index (κ1) is 24.1. The van der Waals surface area contributed by atoms with Crippen LogP contribution in [0.15, 0.2) is 46.0 Å². The van der Waals surface area contributed by atoms with Gasteiger partial charge in [-0.25, -0.2) is 0 Å². The number of methoxy groups -OCH3 is 1. The first-order valence-corrected chi connectivity index (χ1v) is 9.21. The Morgan fingerprint density at radius 1 is 1.25 bits per heavy atom. The molecule has 1 aromatic carbocycles. The Balaban J connectivity index is 0.00000392. The van der Waals surface area contributed by atoms with E-state index in [1.165, 1.54) is 0 Å². The average Bonchev–Trinajstić information content (AvgIpc) is 3.19. The number of ether oxygens (including phenoxy) is 2. The van der Waals surface area contributed by atoms with Crippen LogP contribution in [-0.2, 0) is 17.8 Å². The molecule has 1 heterocycles. The molecule has 2 aromatic rings. The third-order valence-corrected chi connectivity index (χ3v) is 3.86. The number of hydrogen-bond donors (Lipinski definition) is 3. The molecule has 8 heteroatoms. The monoisotopic (exact) mass is 503 g/mol. The number of aromatic hydroxyl groups is 1. The number of phenolic OH excluding ortho intramolecular Hbond substituents is 1. The van der Waals surface area contributed by atoms with Crippen molar-refractivity contribution in [1.29, 1.82) is 0 Å². The zero-order chi connectivity index (χ0) is 19.3. The Morgan fingerprint density at radius 2 is 2.11 bits per heavy atom. The molecule has 0 aliphatic rings. The molecule has 3 N–H and O–H groups in total. The van der Waals surface area contributed by atoms with Crippen molar-refractivity contribution < 1.29 is 19.0 Å². The number of nitrogens with zero attached hydrogens (tertiary/aromatic N) is 1. The van der Waals surface area contributed by atoms with Crippen LogP contribution in [-0.4, -0.2) is 44.4 Å². The van der Waals surface area contributed by atoms with Crippen molar-refractivity contribution in [1.82, 2.24) is 10.6 Å². The summed E-state index contributed by atoms with van der Waals surface area (Å²) in [6.45, 7) is 5.26. The van der Waals surface area contributed by atoms with Crippen LogP contribution in [0.2, 0.25) is 0 Å². The summed E-state index contributed by atoms with van der Waals surface area (Å²) in [4.78, 5) is 4.54. The van der Waals surface area contributed by atoms with Gasteiger partial charge in [0, 0.05) is 32.3 Å². The first-order chi connectivity index (χ1) is 13.2. The van der Waals surface area contributed by atoms with Gasteiger partial charge in [0.1, 0.15) is 23.9 Å². The lowest BCUT2D eigenvalue weighted by molar-refractivity contribution is 0.105. The minimum atomic E-state index is 0. The molecule has 0 amide bonds. The standard InChI is InChI=1S/C20H29N3O4.HI/c1-3-21-20(22-10-5-12-26-15-18-6-4-13-27-18)23-11-9-16-7-8-17(25-2)14-19(16)24;/h4,6-8,13-14,24H,3,5,9-12,15H2,1-2H3,(H2,21,22,23);1H. The molecule has 156 valence electrons. The summed E-state index contributed by atoms with van der Waals surface area (Å²) in [5.41, 5.74) is 0.866. The fourth-order valence-corrected chi connectivity index (χ4v) is 2.46. The van der Waals surface area contributed by atoms with Crippen LogP contribution in [0.5, 0.6) is 11.5 Å². The van der Waals surface area contributed by atoms with Gasteiger partial charge in [-0.05, 0) is 43.5 Å². The van der Waals surface area contributed by atoms with E-state index in [0.717, 1.165) is 30.2 Å². The Kier molecular flexibility index (Phi) is 12.1. The Labute approximate surface area is 183 Å². The van der Waals surface area contributed by atoms with Crippen molar-refractivity contribution in [3.8, 4) is 11.5 Å². The molecule has 0 aliphatic heterocycles. The Morgan fingerprint density at radius 3 is 2.79 bits per heavy atom. The molecule has 1 aromatic heterocycles. The van der Waals surface area contributed by atoms with Gasteiger partial charge in [-0.3, -0.25) is 4.99 Å². The maximum absolute atomic E-state index is 10.0. The highest BCUT2D eigenvalue weighted by molar-refractivity contribution is 14.0. The fourth-order valence-electron chi connectivity index (χ4n) is 2.46. The van der Waals surface area contributed by atoms with E-state index in [2.05, 4.69) is 15.6 Å². The maximum Gasteiger partial charge on any atom is 0.191 e. The first-order valence-electron chi connectivity index (χ1n) is 9.21. The highest BCUT2D eigenvalue weighted by Crippen LogP contribution is 2.23. The zero-order valence-corrected chi connectivity index (χ0v) is 18.8. The van der Waals surface area contributed by atoms with Gasteiger partial charge in [0.2, 0.25) is 0 Å². The summed E-state index contributed by atoms with van der Waals surface area (Å²) in [6.07, 6.45) is 3.16. The molecule has 2 rings (SSSR count). The molecule has 0 saturated heterocycles. The number of rotatable bonds is 11. The predicted molar refractivity (Wildman–Crippen MR) is 121 cm³/mol. The van der Waals surface area contributed by atoms with Crippen molar-refractivity contribution in [3.63, 3.8) is 0 Å². The van der Waals surface area contributed by atoms with E-state index in [1.807, 2.05) is 31.2 Å². The van der Waals surface area contributed by atoms with E-state index in [0.29, 0.717) is 38.5 Å². The number of benzene rings is 1. The summed E-state index contributed by atoms with van der Waals surface area (Å²) in [5, 5.41) is 16.5. The van der Waals surface area contributed by atoms with E-state index >= 15 is 0 Å². The second-order valence-corrected chi connectivity index (χ2v) is 5.92. The predicted octanol–water partition coefficient (Wildman–Crippen LogP) is 3.32. The fraction of sp³-hybridized carbons (Fsp3) is 0.450. The van der Waals surface area contributed by atoms with E-state index < -0.39 is 0 Å². The Hall–Kier alpha value is -1.94. The van der Waals surface area contributed by atoms with E-state index in [1.54, 1.807) is 19.4 Å². The molecule has 0 bridgehead atoms. The highest BCUT2D eigenvalue weighted by atomic mass is 127. The van der Waals surface area contributed by atoms with Crippen LogP contribution in [0.4, 0.5) is 0 Å². The minimum absolute atomic E-state index is 0. The number of phenols is 1. The van der Waals surface area contributed by atoms with Crippen molar-refractivity contribution in [3.05, 3.63) is 47.9 Å². The van der Waals surface area contributed by atoms with Gasteiger partial charge in [-0.1, -0.05) is 6.07 Å². The van der Waals surface area contributed by atoms with Crippen LogP contribution >= 0.6 is 24.0 Å². The molecule has 0 unspecified atom stereocenters. The second kappa shape index (κ2) is 14.1. The molecule has 0 atom stereocenters. The van der Waals surface area contributed by atoms with Crippen molar-refractivity contribution in [2.24, 2.45) is 4.99 Å². The average molecular weight is 503 g/mol. The van der Waals surface area contributed by atoms with Crippen molar-refractivity contribution in [2.45, 2.75) is 26.4 Å². The summed E-state index contributed by atoms with van der Waals surface area (Å²) >= 11 is 0. The van der Waals surface area contributed by atoms with E-state index in [-0.39, 0.29) is 29.7 Å². The van der Waals surface area contributed by atoms with Crippen molar-refractivity contribution >= 4 is 29.9 Å². The topological polar surface area (TPSA) is 88.3 Å². The largest absolute Gasteiger partial charge is 0.508 e. The normalized spacial score (nSPS) is 11.0. The van der Waals surface area contributed by atoms with Crippen LogP contribution in [0.1, 0.15) is 24.7 Å². The van der Waals surface area contributed by atoms with Crippen LogP contribution in [0.3, 0.4) is 0 Å². The number of furan rings is 1. The molecule has 0 radical (unpaired) electrons. The molecule has 0 aliphatic carbocycles. The number of halogens is 1. The zero-order valence-electron chi connectivity index (χ0n) is 16.4. The number of hydrogen-bond acceptors (Lipinski definition) is 5. The van der Waals surface area contributed by atoms with Gasteiger partial charge in [-0.2, -0.15) is 0 Å². The SMILES string of the molecule is CCNC(=NCCCOCc1ccco1)NCCc1ccc(OC)cc1O.I. The van der Waals surface area contributed by atoms with Gasteiger partial charge in [-0.15, -0.1) is 24.0 Å². The van der Waals surface area contributed by atoms with Gasteiger partial charge >= 0.3 is 0 Å². The highest BCUT2D eigenvalue weighted by Gasteiger charge is 2.04. The summed E-state index contributed by atoms with van der Waals surface area (Å²) in [7, 11) is 1.58. The third-order valence-electron chi connectivity index (χ3n) is 3.86. The van der Waals surface area contributed by atoms with Gasteiger partial charge in [0.25, 0.3) is 0 Å². The van der Waals surface area contributed by atoms with Crippen LogP contribution in [0.25, 0.3) is 0 Å². The molecule has 0 fully saturated rings. The molecule has 7 nitrogen and oxygen atoms in total. The molecule has 28 heavy (non-hydrogen) atoms. The van der Waals surface area contributed by atoms with Gasteiger partial charge in [0.15, 0.2) is 5.96 Å². The number of guanidine groups is 1. The lowest BCUT2D eigenvalue weighted by atomic mass is 10.1. The quantitative estimate of drug-likeness (QED) is 0.189. The van der Waals surface area contributed by atoms with E-state index in [9.17, 15) is 5.11 Å². The summed E-state index contributed by atoms with van der Waals surface area (Å²) in [6, 6.07) is 9.08. The molecular weight excluding hydrogens is 473 g/mol. The smallest absolute Gasteiger partial charge is 0.191 e. The lowest BCUT2D eigenvalue weighted by Gasteiger charge is -2.12. The lowest BCUT2D eigenvalue weighted by Crippen LogP contribution is -2.38. The Bertz CT molecular complexity index is 693.